The average Bonchev–Trinajstić information content (AvgIpc) is 2.47. The van der Waals surface area contributed by atoms with Crippen molar-refractivity contribution in [3.05, 3.63) is 59.7 Å². The third-order valence-electron chi connectivity index (χ3n) is 2.75. The Morgan fingerprint density at radius 3 is 2.29 bits per heavy atom. The fraction of sp³-hybridized carbons (Fsp3) is 0.0714. The predicted octanol–water partition coefficient (Wildman–Crippen LogP) is 1.49. The maximum absolute atomic E-state index is 12.4. The minimum absolute atomic E-state index is 0.0645. The molecule has 0 aliphatic carbocycles. The van der Waals surface area contributed by atoms with Crippen LogP contribution in [0.5, 0.6) is 5.75 Å². The highest BCUT2D eigenvalue weighted by Gasteiger charge is 2.23. The number of hydrogen-bond donors (Lipinski definition) is 2. The number of ketones is 1. The van der Waals surface area contributed by atoms with E-state index in [1.165, 1.54) is 12.1 Å². The maximum Gasteiger partial charge on any atom is 0.298 e. The van der Waals surface area contributed by atoms with Crippen LogP contribution in [0.15, 0.2) is 53.4 Å². The second-order valence-electron chi connectivity index (χ2n) is 4.08. The fourth-order valence-corrected chi connectivity index (χ4v) is 2.51. The Morgan fingerprint density at radius 2 is 1.71 bits per heavy atom. The molecule has 2 rings (SSSR count). The van der Waals surface area contributed by atoms with Crippen molar-refractivity contribution in [1.29, 1.82) is 0 Å². The number of aliphatic hydroxyl groups is 1. The molecule has 2 aromatic carbocycles. The molecule has 0 heterocycles. The molecule has 0 bridgehead atoms. The lowest BCUT2D eigenvalue weighted by molar-refractivity contribution is 0.0913. The first-order valence-electron chi connectivity index (χ1n) is 5.89. The molecule has 6 nitrogen and oxygen atoms in total. The standard InChI is InChI=1S/C14H12O6S/c15-9-20-14-11(7-4-8-12(14)21(17,18)19)13(16)10-5-2-1-3-6-10/h1-8,15H,9H2,(H,17,18,19). The van der Waals surface area contributed by atoms with Crippen molar-refractivity contribution in [2.24, 2.45) is 0 Å². The van der Waals surface area contributed by atoms with Crippen LogP contribution in [0.25, 0.3) is 0 Å². The second kappa shape index (κ2) is 6.04. The molecule has 2 aromatic rings. The van der Waals surface area contributed by atoms with Gasteiger partial charge >= 0.3 is 0 Å². The van der Waals surface area contributed by atoms with Gasteiger partial charge in [-0.2, -0.15) is 8.42 Å². The molecular formula is C14H12O6S. The highest BCUT2D eigenvalue weighted by atomic mass is 32.2. The van der Waals surface area contributed by atoms with Crippen molar-refractivity contribution < 1.29 is 27.6 Å². The number of carbonyl (C=O) groups is 1. The molecule has 7 heteroatoms. The summed E-state index contributed by atoms with van der Waals surface area (Å²) in [6, 6.07) is 11.9. The average molecular weight is 308 g/mol. The molecule has 0 amide bonds. The summed E-state index contributed by atoms with van der Waals surface area (Å²) in [5.74, 6) is -0.860. The third-order valence-corrected chi connectivity index (χ3v) is 3.62. The summed E-state index contributed by atoms with van der Waals surface area (Å²) in [5, 5.41) is 8.88. The second-order valence-corrected chi connectivity index (χ2v) is 5.47. The number of carbonyl (C=O) groups excluding carboxylic acids is 1. The molecule has 2 N–H and O–H groups in total. The maximum atomic E-state index is 12.4. The zero-order valence-electron chi connectivity index (χ0n) is 10.8. The van der Waals surface area contributed by atoms with Crippen molar-refractivity contribution >= 4 is 15.9 Å². The summed E-state index contributed by atoms with van der Waals surface area (Å²) in [7, 11) is -4.58. The van der Waals surface area contributed by atoms with Gasteiger partial charge in [-0.1, -0.05) is 36.4 Å². The molecule has 0 saturated heterocycles. The largest absolute Gasteiger partial charge is 0.466 e. The molecule has 0 atom stereocenters. The van der Waals surface area contributed by atoms with Gasteiger partial charge in [0, 0.05) is 5.56 Å². The summed E-state index contributed by atoms with van der Waals surface area (Å²) in [6.07, 6.45) is 0. The van der Waals surface area contributed by atoms with Crippen LogP contribution in [0.4, 0.5) is 0 Å². The Hall–Kier alpha value is -2.22. The van der Waals surface area contributed by atoms with E-state index in [4.69, 9.17) is 9.84 Å². The van der Waals surface area contributed by atoms with Gasteiger partial charge in [0.1, 0.15) is 4.90 Å². The van der Waals surface area contributed by atoms with E-state index in [1.807, 2.05) is 0 Å². The number of aliphatic hydroxyl groups excluding tert-OH is 1. The number of para-hydroxylation sites is 1. The molecule has 0 aliphatic heterocycles. The molecule has 110 valence electrons. The van der Waals surface area contributed by atoms with Gasteiger partial charge in [0.05, 0.1) is 5.56 Å². The van der Waals surface area contributed by atoms with E-state index in [0.29, 0.717) is 5.56 Å². The molecule has 0 spiro atoms. The Kier molecular flexibility index (Phi) is 4.37. The van der Waals surface area contributed by atoms with Gasteiger partial charge in [0.15, 0.2) is 18.3 Å². The monoisotopic (exact) mass is 308 g/mol. The summed E-state index contributed by atoms with van der Waals surface area (Å²) in [4.78, 5) is 11.8. The molecule has 0 aliphatic rings. The zero-order valence-corrected chi connectivity index (χ0v) is 11.6. The zero-order chi connectivity index (χ0) is 15.5. The van der Waals surface area contributed by atoms with Crippen LogP contribution >= 0.6 is 0 Å². The molecular weight excluding hydrogens is 296 g/mol. The minimum Gasteiger partial charge on any atom is -0.466 e. The van der Waals surface area contributed by atoms with Gasteiger partial charge < -0.3 is 9.84 Å². The summed E-state index contributed by atoms with van der Waals surface area (Å²) < 4.78 is 36.7. The molecule has 0 saturated carbocycles. The Bertz CT molecular complexity index is 752. The van der Waals surface area contributed by atoms with Crippen molar-refractivity contribution in [3.63, 3.8) is 0 Å². The van der Waals surface area contributed by atoms with Crippen LogP contribution in [0.3, 0.4) is 0 Å². The first kappa shape index (κ1) is 15.2. The van der Waals surface area contributed by atoms with Crippen LogP contribution in [-0.2, 0) is 10.1 Å². The van der Waals surface area contributed by atoms with Crippen molar-refractivity contribution in [2.75, 3.05) is 6.79 Å². The summed E-state index contributed by atoms with van der Waals surface area (Å²) in [5.41, 5.74) is 0.262. The first-order chi connectivity index (χ1) is 9.95. The van der Waals surface area contributed by atoms with Gasteiger partial charge in [-0.15, -0.1) is 0 Å². The molecule has 0 radical (unpaired) electrons. The normalized spacial score (nSPS) is 11.1. The van der Waals surface area contributed by atoms with E-state index in [1.54, 1.807) is 30.3 Å². The van der Waals surface area contributed by atoms with Crippen LogP contribution in [0, 0.1) is 0 Å². The van der Waals surface area contributed by atoms with E-state index in [-0.39, 0.29) is 11.3 Å². The van der Waals surface area contributed by atoms with Gasteiger partial charge in [0.2, 0.25) is 0 Å². The van der Waals surface area contributed by atoms with Crippen LogP contribution < -0.4 is 4.74 Å². The minimum atomic E-state index is -4.58. The quantitative estimate of drug-likeness (QED) is 0.493. The van der Waals surface area contributed by atoms with Gasteiger partial charge in [-0.3, -0.25) is 9.35 Å². The predicted molar refractivity (Wildman–Crippen MR) is 73.8 cm³/mol. The fourth-order valence-electron chi connectivity index (χ4n) is 1.86. The Morgan fingerprint density at radius 1 is 1.05 bits per heavy atom. The topological polar surface area (TPSA) is 101 Å². The molecule has 0 unspecified atom stereocenters. The highest BCUT2D eigenvalue weighted by molar-refractivity contribution is 7.86. The van der Waals surface area contributed by atoms with Gasteiger partial charge in [-0.05, 0) is 12.1 Å². The highest BCUT2D eigenvalue weighted by Crippen LogP contribution is 2.29. The van der Waals surface area contributed by atoms with Gasteiger partial charge in [-0.25, -0.2) is 0 Å². The van der Waals surface area contributed by atoms with Crippen LogP contribution in [0.2, 0.25) is 0 Å². The van der Waals surface area contributed by atoms with E-state index >= 15 is 0 Å². The SMILES string of the molecule is O=C(c1ccccc1)c1cccc(S(=O)(=O)O)c1OCO. The number of rotatable bonds is 5. The molecule has 21 heavy (non-hydrogen) atoms. The van der Waals surface area contributed by atoms with Crippen LogP contribution in [0.1, 0.15) is 15.9 Å². The van der Waals surface area contributed by atoms with E-state index in [9.17, 15) is 17.8 Å². The van der Waals surface area contributed by atoms with E-state index < -0.39 is 27.6 Å². The van der Waals surface area contributed by atoms with Crippen LogP contribution in [-0.4, -0.2) is 30.7 Å². The van der Waals surface area contributed by atoms with Gasteiger partial charge in [0.25, 0.3) is 10.1 Å². The Labute approximate surface area is 121 Å². The summed E-state index contributed by atoms with van der Waals surface area (Å²) >= 11 is 0. The van der Waals surface area contributed by atoms with Crippen molar-refractivity contribution in [2.45, 2.75) is 4.90 Å². The first-order valence-corrected chi connectivity index (χ1v) is 7.33. The molecule has 0 aromatic heterocycles. The van der Waals surface area contributed by atoms with Crippen molar-refractivity contribution in [1.82, 2.24) is 0 Å². The lowest BCUT2D eigenvalue weighted by atomic mass is 10.0. The Balaban J connectivity index is 2.61. The molecule has 0 fully saturated rings. The number of ether oxygens (including phenoxy) is 1. The lowest BCUT2D eigenvalue weighted by Crippen LogP contribution is -2.10. The van der Waals surface area contributed by atoms with E-state index in [0.717, 1.165) is 6.07 Å². The van der Waals surface area contributed by atoms with E-state index in [2.05, 4.69) is 0 Å². The third kappa shape index (κ3) is 3.27. The van der Waals surface area contributed by atoms with Crippen molar-refractivity contribution in [3.8, 4) is 5.75 Å². The number of benzene rings is 2. The summed E-state index contributed by atoms with van der Waals surface area (Å²) in [6.45, 7) is -0.832. The number of hydrogen-bond acceptors (Lipinski definition) is 5. The smallest absolute Gasteiger partial charge is 0.298 e. The lowest BCUT2D eigenvalue weighted by Gasteiger charge is -2.12.